The third kappa shape index (κ3) is 3.22. The van der Waals surface area contributed by atoms with E-state index in [-0.39, 0.29) is 0 Å². The fourth-order valence-corrected chi connectivity index (χ4v) is 3.84. The van der Waals surface area contributed by atoms with Gasteiger partial charge in [0.2, 0.25) is 0 Å². The van der Waals surface area contributed by atoms with Gasteiger partial charge in [-0.05, 0) is 25.7 Å². The second-order valence-electron chi connectivity index (χ2n) is 6.66. The van der Waals surface area contributed by atoms with E-state index < -0.39 is 0 Å². The Kier molecular flexibility index (Phi) is 4.90. The molecule has 0 aromatic carbocycles. The van der Waals surface area contributed by atoms with Gasteiger partial charge in [0.25, 0.3) is 0 Å². The van der Waals surface area contributed by atoms with Crippen molar-refractivity contribution in [2.75, 3.05) is 18.0 Å². The Bertz CT molecular complexity index is 1060. The molecule has 0 unspecified atom stereocenters. The molecule has 0 bridgehead atoms. The fourth-order valence-electron chi connectivity index (χ4n) is 3.39. The molecule has 1 aliphatic rings. The van der Waals surface area contributed by atoms with Crippen molar-refractivity contribution >= 4 is 34.7 Å². The summed E-state index contributed by atoms with van der Waals surface area (Å²) in [5, 5.41) is 5.31. The second kappa shape index (κ2) is 7.34. The van der Waals surface area contributed by atoms with Crippen LogP contribution in [0.3, 0.4) is 0 Å². The number of piperidine rings is 1. The van der Waals surface area contributed by atoms with Crippen LogP contribution >= 0.6 is 23.2 Å². The van der Waals surface area contributed by atoms with Crippen molar-refractivity contribution in [1.82, 2.24) is 24.6 Å². The van der Waals surface area contributed by atoms with E-state index in [1.807, 2.05) is 0 Å². The van der Waals surface area contributed by atoms with Crippen molar-refractivity contribution in [3.8, 4) is 23.1 Å². The molecule has 3 aromatic rings. The van der Waals surface area contributed by atoms with Crippen LogP contribution in [0.15, 0.2) is 18.7 Å². The Balaban J connectivity index is 2.01. The molecular weight excluding hydrogens is 383 g/mol. The zero-order chi connectivity index (χ0) is 19.0. The largest absolute Gasteiger partial charge is 0.356 e. The Morgan fingerprint density at radius 2 is 1.96 bits per heavy atom. The smallest absolute Gasteiger partial charge is 0.174 e. The van der Waals surface area contributed by atoms with E-state index in [1.54, 1.807) is 23.8 Å². The Morgan fingerprint density at radius 3 is 2.67 bits per heavy atom. The number of fused-ring (bicyclic) bond motifs is 1. The first-order chi connectivity index (χ1) is 13.1. The normalized spacial score (nSPS) is 15.0. The van der Waals surface area contributed by atoms with E-state index in [1.165, 1.54) is 6.33 Å². The van der Waals surface area contributed by atoms with Crippen LogP contribution in [0.2, 0.25) is 10.2 Å². The predicted octanol–water partition coefficient (Wildman–Crippen LogP) is 4.10. The quantitative estimate of drug-likeness (QED) is 0.478. The van der Waals surface area contributed by atoms with E-state index in [2.05, 4.69) is 43.7 Å². The van der Waals surface area contributed by atoms with E-state index >= 15 is 0 Å². The molecule has 0 radical (unpaired) electrons. The number of anilines is 1. The molecule has 0 spiro atoms. The summed E-state index contributed by atoms with van der Waals surface area (Å²) in [7, 11) is 0. The van der Waals surface area contributed by atoms with Crippen LogP contribution in [0.25, 0.3) is 16.9 Å². The molecule has 6 nitrogen and oxygen atoms in total. The summed E-state index contributed by atoms with van der Waals surface area (Å²) in [6.07, 6.45) is 6.93. The predicted molar refractivity (Wildman–Crippen MR) is 107 cm³/mol. The zero-order valence-electron chi connectivity index (χ0n) is 15.1. The molecule has 138 valence electrons. The molecule has 0 N–H and O–H groups in total. The summed E-state index contributed by atoms with van der Waals surface area (Å²) < 4.78 is 1.80. The average molecular weight is 401 g/mol. The molecule has 0 saturated carbocycles. The minimum Gasteiger partial charge on any atom is -0.356 e. The van der Waals surface area contributed by atoms with E-state index in [0.29, 0.717) is 33.0 Å². The van der Waals surface area contributed by atoms with Crippen molar-refractivity contribution in [2.45, 2.75) is 26.7 Å². The lowest BCUT2D eigenvalue weighted by Crippen LogP contribution is -2.35. The summed E-state index contributed by atoms with van der Waals surface area (Å²) in [5.74, 6) is 7.48. The molecule has 1 aliphatic heterocycles. The van der Waals surface area contributed by atoms with Crippen LogP contribution in [0.5, 0.6) is 0 Å². The third-order valence-corrected chi connectivity index (χ3v) is 5.38. The lowest BCUT2D eigenvalue weighted by molar-refractivity contribution is 0.435. The molecule has 27 heavy (non-hydrogen) atoms. The van der Waals surface area contributed by atoms with Crippen LogP contribution in [-0.2, 0) is 0 Å². The minimum absolute atomic E-state index is 0.330. The van der Waals surface area contributed by atoms with Crippen molar-refractivity contribution in [1.29, 1.82) is 0 Å². The Hall–Kier alpha value is -2.36. The molecule has 4 rings (SSSR count). The molecule has 0 aliphatic carbocycles. The highest BCUT2D eigenvalue weighted by molar-refractivity contribution is 6.36. The van der Waals surface area contributed by atoms with Gasteiger partial charge in [0.1, 0.15) is 17.3 Å². The van der Waals surface area contributed by atoms with Gasteiger partial charge in [0.15, 0.2) is 5.65 Å². The molecule has 3 aromatic heterocycles. The highest BCUT2D eigenvalue weighted by Gasteiger charge is 2.27. The molecule has 8 heteroatoms. The summed E-state index contributed by atoms with van der Waals surface area (Å²) in [4.78, 5) is 15.2. The van der Waals surface area contributed by atoms with Gasteiger partial charge in [-0.3, -0.25) is 0 Å². The van der Waals surface area contributed by atoms with Gasteiger partial charge in [-0.1, -0.05) is 36.0 Å². The SMILES string of the molecule is CC#Cc1cnn2c(N3CCC(C)CC3)c(-c3ncncc3Cl)c(Cl)nc12. The number of aromatic nitrogens is 5. The molecule has 4 heterocycles. The van der Waals surface area contributed by atoms with Crippen molar-refractivity contribution < 1.29 is 0 Å². The maximum Gasteiger partial charge on any atom is 0.174 e. The van der Waals surface area contributed by atoms with Gasteiger partial charge in [0, 0.05) is 19.3 Å². The zero-order valence-corrected chi connectivity index (χ0v) is 16.6. The Morgan fingerprint density at radius 1 is 1.19 bits per heavy atom. The van der Waals surface area contributed by atoms with E-state index in [0.717, 1.165) is 37.3 Å². The van der Waals surface area contributed by atoms with Crippen LogP contribution in [-0.4, -0.2) is 37.7 Å². The molecule has 0 atom stereocenters. The van der Waals surface area contributed by atoms with Crippen LogP contribution in [0.4, 0.5) is 5.82 Å². The lowest BCUT2D eigenvalue weighted by atomic mass is 9.99. The number of hydrogen-bond acceptors (Lipinski definition) is 5. The first kappa shape index (κ1) is 18.0. The molecule has 1 fully saturated rings. The first-order valence-corrected chi connectivity index (χ1v) is 9.56. The van der Waals surface area contributed by atoms with E-state index in [9.17, 15) is 0 Å². The summed E-state index contributed by atoms with van der Waals surface area (Å²) in [5.41, 5.74) is 2.60. The monoisotopic (exact) mass is 400 g/mol. The topological polar surface area (TPSA) is 59.2 Å². The van der Waals surface area contributed by atoms with Gasteiger partial charge in [0.05, 0.1) is 28.0 Å². The Labute approximate surface area is 167 Å². The van der Waals surface area contributed by atoms with Gasteiger partial charge in [-0.15, -0.1) is 5.92 Å². The van der Waals surface area contributed by atoms with Crippen LogP contribution < -0.4 is 4.90 Å². The molecule has 0 amide bonds. The molecule has 1 saturated heterocycles. The van der Waals surface area contributed by atoms with Gasteiger partial charge >= 0.3 is 0 Å². The van der Waals surface area contributed by atoms with Crippen molar-refractivity contribution in [2.24, 2.45) is 5.92 Å². The summed E-state index contributed by atoms with van der Waals surface area (Å²) in [6.45, 7) is 5.87. The van der Waals surface area contributed by atoms with Crippen molar-refractivity contribution in [3.63, 3.8) is 0 Å². The van der Waals surface area contributed by atoms with Crippen LogP contribution in [0.1, 0.15) is 32.3 Å². The summed E-state index contributed by atoms with van der Waals surface area (Å²) in [6, 6.07) is 0. The summed E-state index contributed by atoms with van der Waals surface area (Å²) >= 11 is 13.0. The highest BCUT2D eigenvalue weighted by atomic mass is 35.5. The maximum atomic E-state index is 6.65. The first-order valence-electron chi connectivity index (χ1n) is 8.81. The van der Waals surface area contributed by atoms with Gasteiger partial charge in [-0.2, -0.15) is 9.61 Å². The average Bonchev–Trinajstić information content (AvgIpc) is 3.05. The number of halogens is 2. The lowest BCUT2D eigenvalue weighted by Gasteiger charge is -2.33. The minimum atomic E-state index is 0.330. The standard InChI is InChI=1S/C19H18Cl2N6/c1-3-4-13-9-24-27-18(13)25-17(21)15(16-14(20)10-22-11-23-16)19(27)26-7-5-12(2)6-8-26/h9-12H,5-8H2,1-2H3. The van der Waals surface area contributed by atoms with Gasteiger partial charge in [-0.25, -0.2) is 15.0 Å². The highest BCUT2D eigenvalue weighted by Crippen LogP contribution is 2.39. The van der Waals surface area contributed by atoms with Crippen LogP contribution in [0, 0.1) is 17.8 Å². The van der Waals surface area contributed by atoms with Crippen molar-refractivity contribution in [3.05, 3.63) is 34.5 Å². The van der Waals surface area contributed by atoms with E-state index in [4.69, 9.17) is 23.2 Å². The maximum absolute atomic E-state index is 6.65. The number of rotatable bonds is 2. The third-order valence-electron chi connectivity index (χ3n) is 4.83. The fraction of sp³-hybridized carbons (Fsp3) is 0.368. The molecular formula is C19H18Cl2N6. The number of nitrogens with zero attached hydrogens (tertiary/aromatic N) is 6. The second-order valence-corrected chi connectivity index (χ2v) is 7.42. The number of hydrogen-bond donors (Lipinski definition) is 0. The van der Waals surface area contributed by atoms with Gasteiger partial charge < -0.3 is 4.90 Å².